The van der Waals surface area contributed by atoms with Crippen molar-refractivity contribution in [1.82, 2.24) is 0 Å². The molecule has 3 heterocycles. The first-order valence-corrected chi connectivity index (χ1v) is 12.6. The highest BCUT2D eigenvalue weighted by atomic mass is 28.4. The van der Waals surface area contributed by atoms with Crippen LogP contribution >= 0.6 is 0 Å². The third-order valence-electron chi connectivity index (χ3n) is 4.87. The van der Waals surface area contributed by atoms with Gasteiger partial charge in [0, 0.05) is 11.5 Å². The van der Waals surface area contributed by atoms with E-state index in [0.29, 0.717) is 13.0 Å². The first-order valence-electron chi connectivity index (χ1n) is 9.16. The second kappa shape index (κ2) is 7.05. The van der Waals surface area contributed by atoms with Gasteiger partial charge in [0.05, 0.1) is 31.2 Å². The van der Waals surface area contributed by atoms with Gasteiger partial charge in [0.1, 0.15) is 0 Å². The van der Waals surface area contributed by atoms with Gasteiger partial charge in [0.25, 0.3) is 0 Å². The van der Waals surface area contributed by atoms with Crippen LogP contribution in [0.4, 0.5) is 0 Å². The third-order valence-corrected chi connectivity index (χ3v) is 5.83. The van der Waals surface area contributed by atoms with Gasteiger partial charge in [-0.3, -0.25) is 4.79 Å². The Labute approximate surface area is 159 Å². The summed E-state index contributed by atoms with van der Waals surface area (Å²) >= 11 is 0. The number of ether oxygens (including phenoxy) is 3. The van der Waals surface area contributed by atoms with Crippen LogP contribution < -0.4 is 9.47 Å². The first-order chi connectivity index (χ1) is 12.9. The van der Waals surface area contributed by atoms with E-state index in [1.807, 2.05) is 24.3 Å². The number of esters is 1. The molecule has 1 saturated heterocycles. The van der Waals surface area contributed by atoms with Crippen molar-refractivity contribution in [2.24, 2.45) is 11.8 Å². The van der Waals surface area contributed by atoms with Crippen molar-refractivity contribution in [2.75, 3.05) is 13.4 Å². The SMILES string of the molecule is C[Si](C)(C)O[C@@H](c1ccoc1)[C@@H]1COC(=O)[C@H]1Cc1ccc2c(c1)OCO2. The summed E-state index contributed by atoms with van der Waals surface area (Å²) in [5.74, 6) is 0.946. The Morgan fingerprint density at radius 1 is 1.15 bits per heavy atom. The number of fused-ring (bicyclic) bond motifs is 1. The standard InChI is InChI=1S/C20H24O6Si/c1-27(2,3)26-19(14-6-7-22-10-14)16-11-23-20(21)15(16)8-13-4-5-17-18(9-13)25-12-24-17/h4-7,9-10,15-16,19H,8,11-12H2,1-3H3/t15-,16+,19-/m0/s1. The maximum Gasteiger partial charge on any atom is 0.309 e. The van der Waals surface area contributed by atoms with Gasteiger partial charge in [-0.05, 0) is 49.8 Å². The summed E-state index contributed by atoms with van der Waals surface area (Å²) in [6, 6.07) is 7.71. The van der Waals surface area contributed by atoms with Crippen molar-refractivity contribution in [1.29, 1.82) is 0 Å². The van der Waals surface area contributed by atoms with E-state index in [1.54, 1.807) is 12.5 Å². The fraction of sp³-hybridized carbons (Fsp3) is 0.450. The Hall–Kier alpha value is -2.25. The molecule has 0 spiro atoms. The number of carbonyl (C=O) groups is 1. The molecule has 7 heteroatoms. The molecule has 1 aromatic heterocycles. The van der Waals surface area contributed by atoms with Gasteiger partial charge >= 0.3 is 5.97 Å². The Morgan fingerprint density at radius 2 is 1.96 bits per heavy atom. The largest absolute Gasteiger partial charge is 0.472 e. The predicted molar refractivity (Wildman–Crippen MR) is 100 cm³/mol. The molecular formula is C20H24O6Si. The molecule has 1 fully saturated rings. The lowest BCUT2D eigenvalue weighted by atomic mass is 9.83. The van der Waals surface area contributed by atoms with Crippen molar-refractivity contribution in [3.8, 4) is 11.5 Å². The molecular weight excluding hydrogens is 364 g/mol. The van der Waals surface area contributed by atoms with Gasteiger partial charge < -0.3 is 23.1 Å². The number of hydrogen-bond donors (Lipinski definition) is 0. The fourth-order valence-electron chi connectivity index (χ4n) is 3.65. The zero-order valence-electron chi connectivity index (χ0n) is 15.8. The lowest BCUT2D eigenvalue weighted by Crippen LogP contribution is -2.34. The van der Waals surface area contributed by atoms with Gasteiger partial charge in [-0.25, -0.2) is 0 Å². The van der Waals surface area contributed by atoms with E-state index < -0.39 is 8.32 Å². The van der Waals surface area contributed by atoms with Crippen molar-refractivity contribution in [3.05, 3.63) is 47.9 Å². The molecule has 0 bridgehead atoms. The van der Waals surface area contributed by atoms with Gasteiger partial charge in [0.15, 0.2) is 19.8 Å². The zero-order valence-corrected chi connectivity index (χ0v) is 16.8. The second-order valence-electron chi connectivity index (χ2n) is 8.00. The van der Waals surface area contributed by atoms with Crippen molar-refractivity contribution >= 4 is 14.3 Å². The van der Waals surface area contributed by atoms with Crippen LogP contribution in [0.5, 0.6) is 11.5 Å². The Balaban J connectivity index is 1.59. The number of carbonyl (C=O) groups excluding carboxylic acids is 1. The van der Waals surface area contributed by atoms with Crippen LogP contribution in [0.25, 0.3) is 0 Å². The number of cyclic esters (lactones) is 1. The number of rotatable bonds is 6. The minimum absolute atomic E-state index is 0.0627. The smallest absolute Gasteiger partial charge is 0.309 e. The van der Waals surface area contributed by atoms with Gasteiger partial charge in [0.2, 0.25) is 6.79 Å². The Kier molecular flexibility index (Phi) is 4.73. The summed E-state index contributed by atoms with van der Waals surface area (Å²) in [7, 11) is -1.85. The number of benzene rings is 1. The summed E-state index contributed by atoms with van der Waals surface area (Å²) in [6.07, 6.45) is 3.69. The van der Waals surface area contributed by atoms with E-state index in [0.717, 1.165) is 22.6 Å². The van der Waals surface area contributed by atoms with Gasteiger partial charge in [-0.2, -0.15) is 0 Å². The summed E-state index contributed by atoms with van der Waals surface area (Å²) in [5, 5.41) is 0. The van der Waals surface area contributed by atoms with Crippen LogP contribution in [0.15, 0.2) is 41.2 Å². The molecule has 27 heavy (non-hydrogen) atoms. The lowest BCUT2D eigenvalue weighted by Gasteiger charge is -2.31. The van der Waals surface area contributed by atoms with Crippen molar-refractivity contribution in [2.45, 2.75) is 32.2 Å². The molecule has 2 aromatic rings. The molecule has 6 nitrogen and oxygen atoms in total. The molecule has 2 aliphatic heterocycles. The maximum absolute atomic E-state index is 12.5. The quantitative estimate of drug-likeness (QED) is 0.552. The topological polar surface area (TPSA) is 67.1 Å². The molecule has 3 atom stereocenters. The van der Waals surface area contributed by atoms with E-state index in [1.165, 1.54) is 0 Å². The summed E-state index contributed by atoms with van der Waals surface area (Å²) in [6.45, 7) is 7.02. The molecule has 144 valence electrons. The van der Waals surface area contributed by atoms with E-state index in [2.05, 4.69) is 19.6 Å². The number of hydrogen-bond acceptors (Lipinski definition) is 6. The summed E-state index contributed by atoms with van der Waals surface area (Å²) < 4.78 is 28.0. The second-order valence-corrected chi connectivity index (χ2v) is 12.5. The highest BCUT2D eigenvalue weighted by molar-refractivity contribution is 6.69. The molecule has 0 amide bonds. The molecule has 0 saturated carbocycles. The van der Waals surface area contributed by atoms with Crippen LogP contribution in [0, 0.1) is 11.8 Å². The average molecular weight is 388 g/mol. The minimum atomic E-state index is -1.85. The number of furan rings is 1. The third kappa shape index (κ3) is 3.89. The van der Waals surface area contributed by atoms with Crippen molar-refractivity contribution in [3.63, 3.8) is 0 Å². The summed E-state index contributed by atoms with van der Waals surface area (Å²) in [4.78, 5) is 12.5. The van der Waals surface area contributed by atoms with E-state index in [9.17, 15) is 4.79 Å². The lowest BCUT2D eigenvalue weighted by molar-refractivity contribution is -0.141. The van der Waals surface area contributed by atoms with Gasteiger partial charge in [-0.1, -0.05) is 6.07 Å². The monoisotopic (exact) mass is 388 g/mol. The maximum atomic E-state index is 12.5. The fourth-order valence-corrected chi connectivity index (χ4v) is 4.72. The van der Waals surface area contributed by atoms with Gasteiger partial charge in [-0.15, -0.1) is 0 Å². The normalized spacial score (nSPS) is 22.7. The molecule has 0 radical (unpaired) electrons. The van der Waals surface area contributed by atoms with E-state index in [-0.39, 0.29) is 30.7 Å². The van der Waals surface area contributed by atoms with Crippen LogP contribution in [0.1, 0.15) is 17.2 Å². The predicted octanol–water partition coefficient (Wildman–Crippen LogP) is 3.93. The zero-order chi connectivity index (χ0) is 19.0. The molecule has 1 aromatic carbocycles. The summed E-state index contributed by atoms with van der Waals surface area (Å²) in [5.41, 5.74) is 1.98. The van der Waals surface area contributed by atoms with E-state index in [4.69, 9.17) is 23.1 Å². The van der Waals surface area contributed by atoms with E-state index >= 15 is 0 Å². The highest BCUT2D eigenvalue weighted by Gasteiger charge is 2.44. The highest BCUT2D eigenvalue weighted by Crippen LogP contribution is 2.41. The molecule has 0 N–H and O–H groups in total. The Morgan fingerprint density at radius 3 is 2.70 bits per heavy atom. The van der Waals surface area contributed by atoms with Crippen LogP contribution in [0.2, 0.25) is 19.6 Å². The van der Waals surface area contributed by atoms with Crippen LogP contribution in [-0.2, 0) is 20.4 Å². The molecule has 0 unspecified atom stereocenters. The molecule has 0 aliphatic carbocycles. The Bertz CT molecular complexity index is 810. The molecule has 4 rings (SSSR count). The average Bonchev–Trinajstić information content (AvgIpc) is 3.34. The van der Waals surface area contributed by atoms with Crippen LogP contribution in [0.3, 0.4) is 0 Å². The van der Waals surface area contributed by atoms with Crippen LogP contribution in [-0.4, -0.2) is 27.7 Å². The minimum Gasteiger partial charge on any atom is -0.472 e. The van der Waals surface area contributed by atoms with Crippen molar-refractivity contribution < 1.29 is 27.8 Å². The molecule has 2 aliphatic rings. The first kappa shape index (κ1) is 18.1.